The van der Waals surface area contributed by atoms with Crippen molar-refractivity contribution in [3.8, 4) is 0 Å². The first kappa shape index (κ1) is 102. The fourth-order valence-corrected chi connectivity index (χ4v) is 12.0. The topological polar surface area (TPSA) is 237 Å². The van der Waals surface area contributed by atoms with Gasteiger partial charge in [-0.3, -0.25) is 37.3 Å². The van der Waals surface area contributed by atoms with Crippen molar-refractivity contribution in [2.45, 2.75) is 329 Å². The summed E-state index contributed by atoms with van der Waals surface area (Å²) in [7, 11) is -10.0. The Morgan fingerprint density at radius 3 is 0.787 bits per heavy atom. The van der Waals surface area contributed by atoms with Gasteiger partial charge in [0, 0.05) is 25.7 Å². The van der Waals surface area contributed by atoms with Crippen LogP contribution in [0.25, 0.3) is 0 Å². The molecule has 0 spiro atoms. The lowest BCUT2D eigenvalue weighted by molar-refractivity contribution is -0.161. The molecule has 108 heavy (non-hydrogen) atoms. The minimum Gasteiger partial charge on any atom is -0.462 e. The summed E-state index contributed by atoms with van der Waals surface area (Å²) < 4.78 is 68.6. The molecular formula is C89H146O17P2. The lowest BCUT2D eigenvalue weighted by atomic mass is 10.1. The van der Waals surface area contributed by atoms with Gasteiger partial charge in [-0.15, -0.1) is 0 Å². The Balaban J connectivity index is 5.44. The van der Waals surface area contributed by atoms with E-state index in [2.05, 4.69) is 186 Å². The lowest BCUT2D eigenvalue weighted by Gasteiger charge is -2.21. The maximum Gasteiger partial charge on any atom is 0.472 e. The van der Waals surface area contributed by atoms with Crippen LogP contribution < -0.4 is 0 Å². The minimum absolute atomic E-state index is 0.00727. The van der Waals surface area contributed by atoms with Gasteiger partial charge in [-0.1, -0.05) is 288 Å². The van der Waals surface area contributed by atoms with Crippen molar-refractivity contribution < 1.29 is 80.2 Å². The molecule has 19 heteroatoms. The minimum atomic E-state index is -5.01. The molecular weight excluding hydrogens is 1400 g/mol. The van der Waals surface area contributed by atoms with E-state index in [1.165, 1.54) is 25.7 Å². The van der Waals surface area contributed by atoms with Gasteiger partial charge >= 0.3 is 39.5 Å². The zero-order valence-corrected chi connectivity index (χ0v) is 69.0. The van der Waals surface area contributed by atoms with Crippen molar-refractivity contribution in [1.82, 2.24) is 0 Å². The van der Waals surface area contributed by atoms with Gasteiger partial charge in [0.1, 0.15) is 19.3 Å². The Bertz CT molecular complexity index is 2710. The summed E-state index contributed by atoms with van der Waals surface area (Å²) in [6.45, 7) is 4.42. The van der Waals surface area contributed by atoms with Gasteiger partial charge in [-0.05, 0) is 167 Å². The summed E-state index contributed by atoms with van der Waals surface area (Å²) in [6.07, 6.45) is 94.7. The van der Waals surface area contributed by atoms with E-state index in [1.54, 1.807) is 0 Å². The van der Waals surface area contributed by atoms with Crippen molar-refractivity contribution >= 4 is 39.5 Å². The van der Waals surface area contributed by atoms with Crippen LogP contribution in [0.1, 0.15) is 310 Å². The standard InChI is InChI=1S/C89H146O17P2/c1-5-9-13-17-21-25-29-33-36-39-41-44-46-50-53-57-61-65-69-73-86(91)99-79-84(105-88(93)75-71-67-63-59-55-49-32-28-24-20-16-12-8-4)81-103-107(95,96)101-77-83(90)78-102-108(97,98)104-82-85(106-89(94)76-72-68-64-60-56-52-48-43-38-35-31-27-23-19-15-11-7-3)80-100-87(92)74-70-66-62-58-54-51-47-45-42-40-37-34-30-26-22-18-14-10-6-2/h9-11,13-15,21-23,25-28,32-38,41-42,44-45,48,52,60,64,83-85,90H,5-8,12,16-20,24,29-31,39-40,43,46-47,49-51,53-59,61-63,65-82H2,1-4H3,(H,95,96)(H,97,98)/b13-9-,14-10-,15-11-,25-21-,26-22-,27-23-,32-28-,36-33-,37-34-,38-35-,44-41-,45-42-,52-48-,64-60-. The van der Waals surface area contributed by atoms with E-state index in [0.29, 0.717) is 32.1 Å². The first-order valence-electron chi connectivity index (χ1n) is 41.4. The predicted octanol–water partition coefficient (Wildman–Crippen LogP) is 24.6. The highest BCUT2D eigenvalue weighted by Crippen LogP contribution is 2.45. The second-order valence-electron chi connectivity index (χ2n) is 26.9. The molecule has 0 saturated carbocycles. The quantitative estimate of drug-likeness (QED) is 0.0169. The van der Waals surface area contributed by atoms with Crippen LogP contribution in [-0.2, 0) is 65.4 Å². The monoisotopic (exact) mass is 1550 g/mol. The van der Waals surface area contributed by atoms with Gasteiger partial charge in [0.2, 0.25) is 0 Å². The van der Waals surface area contributed by atoms with Gasteiger partial charge in [0.05, 0.1) is 26.4 Å². The van der Waals surface area contributed by atoms with Crippen molar-refractivity contribution in [2.75, 3.05) is 39.6 Å². The van der Waals surface area contributed by atoms with Crippen LogP contribution in [0.2, 0.25) is 0 Å². The summed E-state index contributed by atoms with van der Waals surface area (Å²) in [4.78, 5) is 73.1. The van der Waals surface area contributed by atoms with E-state index in [1.807, 2.05) is 12.2 Å². The Morgan fingerprint density at radius 2 is 0.491 bits per heavy atom. The van der Waals surface area contributed by atoms with Crippen LogP contribution in [0.15, 0.2) is 170 Å². The smallest absolute Gasteiger partial charge is 0.462 e. The lowest BCUT2D eigenvalue weighted by Crippen LogP contribution is -2.30. The Labute approximate surface area is 654 Å². The van der Waals surface area contributed by atoms with E-state index in [-0.39, 0.29) is 25.7 Å². The number of esters is 4. The van der Waals surface area contributed by atoms with Gasteiger partial charge < -0.3 is 33.8 Å². The van der Waals surface area contributed by atoms with Crippen LogP contribution >= 0.6 is 15.6 Å². The second kappa shape index (κ2) is 79.5. The normalized spacial score (nSPS) is 14.7. The van der Waals surface area contributed by atoms with E-state index in [0.717, 1.165) is 199 Å². The van der Waals surface area contributed by atoms with E-state index in [4.69, 9.17) is 37.0 Å². The van der Waals surface area contributed by atoms with Crippen LogP contribution in [0.5, 0.6) is 0 Å². The third-order valence-corrected chi connectivity index (χ3v) is 18.6. The molecule has 0 bridgehead atoms. The number of carbonyl (C=O) groups excluding carboxylic acids is 4. The molecule has 0 heterocycles. The molecule has 0 aliphatic carbocycles. The first-order chi connectivity index (χ1) is 52.7. The molecule has 0 aliphatic rings. The molecule has 17 nitrogen and oxygen atoms in total. The van der Waals surface area contributed by atoms with Crippen molar-refractivity contribution in [3.05, 3.63) is 170 Å². The second-order valence-corrected chi connectivity index (χ2v) is 29.8. The van der Waals surface area contributed by atoms with Gasteiger partial charge in [-0.2, -0.15) is 0 Å². The molecule has 0 aromatic rings. The number of carbonyl (C=O) groups is 4. The molecule has 5 atom stereocenters. The summed E-state index contributed by atoms with van der Waals surface area (Å²) in [5.74, 6) is -2.29. The Hall–Kier alpha value is -5.58. The first-order valence-corrected chi connectivity index (χ1v) is 44.4. The van der Waals surface area contributed by atoms with Crippen LogP contribution in [-0.4, -0.2) is 96.7 Å². The summed E-state index contributed by atoms with van der Waals surface area (Å²) in [5, 5.41) is 10.7. The third-order valence-electron chi connectivity index (χ3n) is 16.7. The number of ether oxygens (including phenoxy) is 4. The molecule has 0 saturated heterocycles. The molecule has 0 aliphatic heterocycles. The molecule has 0 radical (unpaired) electrons. The number of unbranched alkanes of at least 4 members (excludes halogenated alkanes) is 22. The Kier molecular flexibility index (Phi) is 75.4. The molecule has 0 aromatic carbocycles. The van der Waals surface area contributed by atoms with Crippen molar-refractivity contribution in [3.63, 3.8) is 0 Å². The van der Waals surface area contributed by atoms with E-state index >= 15 is 0 Å². The van der Waals surface area contributed by atoms with Crippen LogP contribution in [0.3, 0.4) is 0 Å². The number of aliphatic hydroxyl groups is 1. The molecule has 0 amide bonds. The molecule has 0 fully saturated rings. The van der Waals surface area contributed by atoms with Crippen LogP contribution in [0.4, 0.5) is 0 Å². The predicted molar refractivity (Wildman–Crippen MR) is 445 cm³/mol. The molecule has 3 N–H and O–H groups in total. The average Bonchev–Trinajstić information content (AvgIpc) is 0.905. The summed E-state index contributed by atoms with van der Waals surface area (Å²) in [5.41, 5.74) is 0. The maximum absolute atomic E-state index is 13.1. The van der Waals surface area contributed by atoms with Crippen LogP contribution in [0, 0.1) is 0 Å². The fraction of sp³-hybridized carbons (Fsp3) is 0.640. The summed E-state index contributed by atoms with van der Waals surface area (Å²) >= 11 is 0. The maximum atomic E-state index is 13.1. The summed E-state index contributed by atoms with van der Waals surface area (Å²) in [6, 6.07) is 0. The van der Waals surface area contributed by atoms with Gasteiger partial charge in [0.15, 0.2) is 12.2 Å². The SMILES string of the molecule is CC/C=C\C/C=C\C/C=C\C/C=C\C/C=C\CCCC(=O)OC(COC(=O)CCCCCCCC/C=C\C/C=C\C/C=C\C/C=C\CC)COP(=O)(O)OCC(O)COP(=O)(O)OCC(COC(=O)CCCCCCCC/C=C\C/C=C\C/C=C\C/C=C\CC)OC(=O)CCCCCCC/C=C\CCCCCC. The highest BCUT2D eigenvalue weighted by Gasteiger charge is 2.30. The van der Waals surface area contributed by atoms with E-state index in [9.17, 15) is 43.2 Å². The number of allylic oxidation sites excluding steroid dienone is 28. The largest absolute Gasteiger partial charge is 0.472 e. The number of hydrogen-bond donors (Lipinski definition) is 3. The van der Waals surface area contributed by atoms with E-state index < -0.39 is 97.5 Å². The molecule has 0 aromatic heterocycles. The highest BCUT2D eigenvalue weighted by molar-refractivity contribution is 7.47. The van der Waals surface area contributed by atoms with Crippen molar-refractivity contribution in [2.24, 2.45) is 0 Å². The van der Waals surface area contributed by atoms with Gasteiger partial charge in [-0.25, -0.2) is 9.13 Å². The van der Waals surface area contributed by atoms with Crippen molar-refractivity contribution in [1.29, 1.82) is 0 Å². The zero-order chi connectivity index (χ0) is 78.9. The number of aliphatic hydroxyl groups excluding tert-OH is 1. The van der Waals surface area contributed by atoms with Gasteiger partial charge in [0.25, 0.3) is 0 Å². The molecule has 5 unspecified atom stereocenters. The number of phosphoric ester groups is 2. The molecule has 0 rings (SSSR count). The average molecular weight is 1550 g/mol. The number of hydrogen-bond acceptors (Lipinski definition) is 15. The highest BCUT2D eigenvalue weighted by atomic mass is 31.2. The zero-order valence-electron chi connectivity index (χ0n) is 67.2. The third kappa shape index (κ3) is 78.5. The number of phosphoric acid groups is 2. The molecule has 614 valence electrons. The fourth-order valence-electron chi connectivity index (χ4n) is 10.5. The number of rotatable bonds is 76. The Morgan fingerprint density at radius 1 is 0.269 bits per heavy atom.